The van der Waals surface area contributed by atoms with Gasteiger partial charge in [-0.2, -0.15) is 0 Å². The van der Waals surface area contributed by atoms with Gasteiger partial charge in [0.15, 0.2) is 0 Å². The standard InChI is InChI=1S/C13H28N4O/c1-12(10-14)11-17-8-6-16(7-9-17)5-3-4-13(18)15-2/h12H,3-11,14H2,1-2H3,(H,15,18). The Hall–Kier alpha value is -0.650. The van der Waals surface area contributed by atoms with Gasteiger partial charge >= 0.3 is 0 Å². The van der Waals surface area contributed by atoms with Gasteiger partial charge in [0.2, 0.25) is 5.91 Å². The van der Waals surface area contributed by atoms with E-state index in [-0.39, 0.29) is 5.91 Å². The molecular weight excluding hydrogens is 228 g/mol. The van der Waals surface area contributed by atoms with Crippen LogP contribution >= 0.6 is 0 Å². The number of nitrogens with zero attached hydrogens (tertiary/aromatic N) is 2. The predicted molar refractivity (Wildman–Crippen MR) is 74.4 cm³/mol. The highest BCUT2D eigenvalue weighted by molar-refractivity contribution is 5.75. The van der Waals surface area contributed by atoms with Crippen LogP contribution in [0, 0.1) is 5.92 Å². The van der Waals surface area contributed by atoms with Gasteiger partial charge in [-0.1, -0.05) is 6.92 Å². The first-order valence-electron chi connectivity index (χ1n) is 7.01. The van der Waals surface area contributed by atoms with Crippen molar-refractivity contribution >= 4 is 5.91 Å². The number of piperazine rings is 1. The average Bonchev–Trinajstić information content (AvgIpc) is 2.40. The first kappa shape index (κ1) is 15.4. The van der Waals surface area contributed by atoms with Crippen molar-refractivity contribution in [3.8, 4) is 0 Å². The summed E-state index contributed by atoms with van der Waals surface area (Å²) in [5.41, 5.74) is 5.65. The van der Waals surface area contributed by atoms with E-state index in [1.165, 1.54) is 0 Å². The van der Waals surface area contributed by atoms with E-state index in [1.807, 2.05) is 0 Å². The van der Waals surface area contributed by atoms with E-state index >= 15 is 0 Å². The van der Waals surface area contributed by atoms with E-state index in [4.69, 9.17) is 5.73 Å². The molecule has 0 spiro atoms. The first-order chi connectivity index (χ1) is 8.65. The van der Waals surface area contributed by atoms with Gasteiger partial charge in [0.1, 0.15) is 0 Å². The molecule has 1 rings (SSSR count). The summed E-state index contributed by atoms with van der Waals surface area (Å²) < 4.78 is 0. The zero-order chi connectivity index (χ0) is 13.4. The molecule has 1 saturated heterocycles. The van der Waals surface area contributed by atoms with Gasteiger partial charge in [0.05, 0.1) is 0 Å². The molecule has 0 aliphatic carbocycles. The molecule has 1 atom stereocenters. The van der Waals surface area contributed by atoms with Crippen LogP contribution < -0.4 is 11.1 Å². The van der Waals surface area contributed by atoms with Crippen molar-refractivity contribution in [1.29, 1.82) is 0 Å². The van der Waals surface area contributed by atoms with Crippen molar-refractivity contribution in [2.45, 2.75) is 19.8 Å². The third kappa shape index (κ3) is 5.80. The highest BCUT2D eigenvalue weighted by atomic mass is 16.1. The van der Waals surface area contributed by atoms with E-state index in [0.717, 1.165) is 52.2 Å². The zero-order valence-corrected chi connectivity index (χ0v) is 11.8. The lowest BCUT2D eigenvalue weighted by Gasteiger charge is -2.35. The van der Waals surface area contributed by atoms with E-state index in [9.17, 15) is 4.79 Å². The van der Waals surface area contributed by atoms with Crippen molar-refractivity contribution in [1.82, 2.24) is 15.1 Å². The maximum Gasteiger partial charge on any atom is 0.219 e. The second-order valence-electron chi connectivity index (χ2n) is 5.26. The molecular formula is C13H28N4O. The molecule has 0 saturated carbocycles. The fraction of sp³-hybridized carbons (Fsp3) is 0.923. The van der Waals surface area contributed by atoms with Gasteiger partial charge in [0, 0.05) is 46.2 Å². The maximum atomic E-state index is 11.1. The van der Waals surface area contributed by atoms with Gasteiger partial charge < -0.3 is 20.9 Å². The minimum atomic E-state index is 0.144. The van der Waals surface area contributed by atoms with E-state index < -0.39 is 0 Å². The van der Waals surface area contributed by atoms with E-state index in [2.05, 4.69) is 22.0 Å². The number of carbonyl (C=O) groups excluding carboxylic acids is 1. The highest BCUT2D eigenvalue weighted by Gasteiger charge is 2.17. The summed E-state index contributed by atoms with van der Waals surface area (Å²) in [6.07, 6.45) is 1.60. The molecule has 1 aliphatic rings. The van der Waals surface area contributed by atoms with Crippen LogP contribution in [-0.4, -0.2) is 68.6 Å². The lowest BCUT2D eigenvalue weighted by molar-refractivity contribution is -0.120. The second kappa shape index (κ2) is 8.45. The summed E-state index contributed by atoms with van der Waals surface area (Å²) in [5.74, 6) is 0.732. The van der Waals surface area contributed by atoms with E-state index in [1.54, 1.807) is 7.05 Å². The molecule has 5 heteroatoms. The van der Waals surface area contributed by atoms with Crippen LogP contribution in [-0.2, 0) is 4.79 Å². The monoisotopic (exact) mass is 256 g/mol. The van der Waals surface area contributed by atoms with Crippen molar-refractivity contribution in [3.63, 3.8) is 0 Å². The molecule has 0 aromatic heterocycles. The Kier molecular flexibility index (Phi) is 7.23. The third-order valence-electron chi connectivity index (χ3n) is 3.59. The second-order valence-corrected chi connectivity index (χ2v) is 5.26. The fourth-order valence-electron chi connectivity index (χ4n) is 2.30. The number of nitrogens with one attached hydrogen (secondary N) is 1. The summed E-state index contributed by atoms with van der Waals surface area (Å²) in [7, 11) is 1.69. The number of rotatable bonds is 7. The number of amides is 1. The SMILES string of the molecule is CNC(=O)CCCN1CCN(CC(C)CN)CC1. The van der Waals surface area contributed by atoms with Gasteiger partial charge in [-0.25, -0.2) is 0 Å². The number of nitrogens with two attached hydrogens (primary N) is 1. The van der Waals surface area contributed by atoms with Crippen molar-refractivity contribution in [2.75, 3.05) is 52.9 Å². The van der Waals surface area contributed by atoms with Crippen molar-refractivity contribution in [2.24, 2.45) is 11.7 Å². The maximum absolute atomic E-state index is 11.1. The number of carbonyl (C=O) groups is 1. The highest BCUT2D eigenvalue weighted by Crippen LogP contribution is 2.06. The summed E-state index contributed by atoms with van der Waals surface area (Å²) in [6, 6.07) is 0. The quantitative estimate of drug-likeness (QED) is 0.658. The molecule has 0 bridgehead atoms. The van der Waals surface area contributed by atoms with Gasteiger partial charge in [-0.15, -0.1) is 0 Å². The summed E-state index contributed by atoms with van der Waals surface area (Å²) in [6.45, 7) is 9.61. The normalized spacial score (nSPS) is 19.7. The van der Waals surface area contributed by atoms with Crippen LogP contribution in [0.5, 0.6) is 0 Å². The molecule has 1 amide bonds. The molecule has 106 valence electrons. The molecule has 1 heterocycles. The molecule has 0 aromatic rings. The predicted octanol–water partition coefficient (Wildman–Crippen LogP) is -0.275. The van der Waals surface area contributed by atoms with Crippen LogP contribution in [0.15, 0.2) is 0 Å². The Balaban J connectivity index is 2.10. The Morgan fingerprint density at radius 2 is 1.89 bits per heavy atom. The largest absolute Gasteiger partial charge is 0.359 e. The molecule has 18 heavy (non-hydrogen) atoms. The lowest BCUT2D eigenvalue weighted by atomic mass is 10.1. The minimum Gasteiger partial charge on any atom is -0.359 e. The molecule has 0 aromatic carbocycles. The molecule has 1 aliphatic heterocycles. The molecule has 1 unspecified atom stereocenters. The summed E-state index contributed by atoms with van der Waals surface area (Å²) in [5, 5.41) is 2.66. The Morgan fingerprint density at radius 3 is 2.44 bits per heavy atom. The van der Waals surface area contributed by atoms with Gasteiger partial charge in [-0.3, -0.25) is 4.79 Å². The van der Waals surface area contributed by atoms with Gasteiger partial charge in [-0.05, 0) is 25.4 Å². The third-order valence-corrected chi connectivity index (χ3v) is 3.59. The van der Waals surface area contributed by atoms with Crippen molar-refractivity contribution < 1.29 is 4.79 Å². The zero-order valence-electron chi connectivity index (χ0n) is 11.8. The molecule has 3 N–H and O–H groups in total. The van der Waals surface area contributed by atoms with Crippen molar-refractivity contribution in [3.05, 3.63) is 0 Å². The Morgan fingerprint density at radius 1 is 1.28 bits per heavy atom. The van der Waals surface area contributed by atoms with Crippen LogP contribution in [0.3, 0.4) is 0 Å². The molecule has 0 radical (unpaired) electrons. The minimum absolute atomic E-state index is 0.144. The van der Waals surface area contributed by atoms with Crippen LogP contribution in [0.1, 0.15) is 19.8 Å². The Labute approximate surface area is 111 Å². The first-order valence-corrected chi connectivity index (χ1v) is 7.01. The Bertz CT molecular complexity index is 239. The fourth-order valence-corrected chi connectivity index (χ4v) is 2.30. The van der Waals surface area contributed by atoms with Crippen LogP contribution in [0.4, 0.5) is 0 Å². The van der Waals surface area contributed by atoms with E-state index in [0.29, 0.717) is 12.3 Å². The number of hydrogen-bond donors (Lipinski definition) is 2. The van der Waals surface area contributed by atoms with Crippen LogP contribution in [0.25, 0.3) is 0 Å². The summed E-state index contributed by atoms with van der Waals surface area (Å²) in [4.78, 5) is 16.1. The topological polar surface area (TPSA) is 61.6 Å². The van der Waals surface area contributed by atoms with Gasteiger partial charge in [0.25, 0.3) is 0 Å². The number of hydrogen-bond acceptors (Lipinski definition) is 4. The molecule has 1 fully saturated rings. The average molecular weight is 256 g/mol. The lowest BCUT2D eigenvalue weighted by Crippen LogP contribution is -2.48. The smallest absolute Gasteiger partial charge is 0.219 e. The molecule has 5 nitrogen and oxygen atoms in total. The summed E-state index contributed by atoms with van der Waals surface area (Å²) >= 11 is 0. The van der Waals surface area contributed by atoms with Crippen LogP contribution in [0.2, 0.25) is 0 Å².